The van der Waals surface area contributed by atoms with E-state index in [0.29, 0.717) is 13.2 Å². The van der Waals surface area contributed by atoms with Gasteiger partial charge < -0.3 is 13.9 Å². The standard InChI is InChI=1S/C25H40INO5Si/c1-17(28)31-22-20(26)19(16-30-33(8,9)25(5,6)7)27(15-18-13-11-10-12-14-18)21(22)23(29)32-24(2,3)4/h10-14,19-22H,15-16H2,1-9H3/t19-,20-,21-,22-/m0/s1. The molecule has 1 fully saturated rings. The van der Waals surface area contributed by atoms with Crippen LogP contribution in [0.15, 0.2) is 30.3 Å². The highest BCUT2D eigenvalue weighted by atomic mass is 127. The number of hydrogen-bond acceptors (Lipinski definition) is 6. The molecule has 0 N–H and O–H groups in total. The second-order valence-electron chi connectivity index (χ2n) is 11.3. The van der Waals surface area contributed by atoms with Crippen molar-refractivity contribution in [2.75, 3.05) is 6.61 Å². The average molecular weight is 590 g/mol. The van der Waals surface area contributed by atoms with Crippen LogP contribution >= 0.6 is 22.6 Å². The number of benzene rings is 1. The lowest BCUT2D eigenvalue weighted by molar-refractivity contribution is -0.167. The van der Waals surface area contributed by atoms with E-state index in [1.807, 2.05) is 51.1 Å². The van der Waals surface area contributed by atoms with Crippen LogP contribution in [0, 0.1) is 0 Å². The summed E-state index contributed by atoms with van der Waals surface area (Å²) in [5, 5.41) is 0.0660. The van der Waals surface area contributed by atoms with Gasteiger partial charge in [0.05, 0.1) is 10.5 Å². The second kappa shape index (κ2) is 10.7. The number of rotatable bonds is 7. The Labute approximate surface area is 214 Å². The molecule has 0 saturated carbocycles. The van der Waals surface area contributed by atoms with Crippen molar-refractivity contribution in [3.8, 4) is 0 Å². The van der Waals surface area contributed by atoms with E-state index in [1.165, 1.54) is 6.92 Å². The first-order chi connectivity index (χ1) is 15.0. The van der Waals surface area contributed by atoms with Gasteiger partial charge in [-0.2, -0.15) is 0 Å². The van der Waals surface area contributed by atoms with Crippen LogP contribution in [0.5, 0.6) is 0 Å². The van der Waals surface area contributed by atoms with Crippen LogP contribution in [0.25, 0.3) is 0 Å². The van der Waals surface area contributed by atoms with Gasteiger partial charge in [-0.1, -0.05) is 73.7 Å². The molecule has 1 aliphatic rings. The molecule has 0 unspecified atom stereocenters. The van der Waals surface area contributed by atoms with E-state index in [2.05, 4.69) is 61.4 Å². The van der Waals surface area contributed by atoms with Gasteiger partial charge in [-0.25, -0.2) is 0 Å². The third kappa shape index (κ3) is 7.50. The van der Waals surface area contributed by atoms with Gasteiger partial charge in [0.1, 0.15) is 17.7 Å². The Morgan fingerprint density at radius 3 is 2.12 bits per heavy atom. The average Bonchev–Trinajstić information content (AvgIpc) is 2.89. The molecule has 1 heterocycles. The molecule has 0 bridgehead atoms. The van der Waals surface area contributed by atoms with Crippen LogP contribution in [0.2, 0.25) is 18.1 Å². The molecule has 1 aromatic rings. The van der Waals surface area contributed by atoms with Crippen molar-refractivity contribution < 1.29 is 23.5 Å². The molecule has 0 aromatic heterocycles. The van der Waals surface area contributed by atoms with Crippen molar-refractivity contribution in [3.63, 3.8) is 0 Å². The van der Waals surface area contributed by atoms with Crippen molar-refractivity contribution in [1.29, 1.82) is 0 Å². The molecule has 33 heavy (non-hydrogen) atoms. The fraction of sp³-hybridized carbons (Fsp3) is 0.680. The molecule has 1 aliphatic heterocycles. The van der Waals surface area contributed by atoms with E-state index in [4.69, 9.17) is 13.9 Å². The fourth-order valence-electron chi connectivity index (χ4n) is 3.63. The number of likely N-dealkylation sites (tertiary alicyclic amines) is 1. The summed E-state index contributed by atoms with van der Waals surface area (Å²) in [5.74, 6) is -0.776. The van der Waals surface area contributed by atoms with Gasteiger partial charge >= 0.3 is 11.9 Å². The molecular weight excluding hydrogens is 549 g/mol. The minimum absolute atomic E-state index is 0.0660. The number of carbonyl (C=O) groups is 2. The van der Waals surface area contributed by atoms with Crippen LogP contribution in [0.1, 0.15) is 54.0 Å². The van der Waals surface area contributed by atoms with Crippen LogP contribution in [0.3, 0.4) is 0 Å². The Bertz CT molecular complexity index is 818. The second-order valence-corrected chi connectivity index (χ2v) is 17.5. The van der Waals surface area contributed by atoms with Gasteiger partial charge in [-0.05, 0) is 44.5 Å². The minimum atomic E-state index is -2.02. The summed E-state index contributed by atoms with van der Waals surface area (Å²) < 4.78 is 18.0. The van der Waals surface area contributed by atoms with E-state index >= 15 is 0 Å². The van der Waals surface area contributed by atoms with Gasteiger partial charge in [0.25, 0.3) is 0 Å². The van der Waals surface area contributed by atoms with E-state index < -0.39 is 32.0 Å². The molecular formula is C25H40INO5Si. The van der Waals surface area contributed by atoms with Gasteiger partial charge in [-0.3, -0.25) is 14.5 Å². The minimum Gasteiger partial charge on any atom is -0.459 e. The van der Waals surface area contributed by atoms with Crippen molar-refractivity contribution in [3.05, 3.63) is 35.9 Å². The van der Waals surface area contributed by atoms with Crippen LogP contribution < -0.4 is 0 Å². The number of hydrogen-bond donors (Lipinski definition) is 0. The van der Waals surface area contributed by atoms with Crippen LogP contribution in [-0.4, -0.2) is 59.5 Å². The molecule has 186 valence electrons. The predicted molar refractivity (Wildman–Crippen MR) is 142 cm³/mol. The molecule has 0 radical (unpaired) electrons. The van der Waals surface area contributed by atoms with Crippen LogP contribution in [-0.2, 0) is 30.0 Å². The monoisotopic (exact) mass is 589 g/mol. The largest absolute Gasteiger partial charge is 0.459 e. The first-order valence-electron chi connectivity index (χ1n) is 11.5. The molecule has 6 nitrogen and oxygen atoms in total. The topological polar surface area (TPSA) is 65.1 Å². The highest BCUT2D eigenvalue weighted by Gasteiger charge is 2.55. The fourth-order valence-corrected chi connectivity index (χ4v) is 5.81. The Balaban J connectivity index is 2.45. The zero-order valence-electron chi connectivity index (χ0n) is 21.5. The molecule has 1 saturated heterocycles. The number of ether oxygens (including phenoxy) is 2. The Hall–Kier alpha value is -0.973. The summed E-state index contributed by atoms with van der Waals surface area (Å²) in [6.07, 6.45) is -0.616. The summed E-state index contributed by atoms with van der Waals surface area (Å²) in [7, 11) is -2.02. The molecule has 1 aromatic carbocycles. The lowest BCUT2D eigenvalue weighted by Gasteiger charge is -2.38. The Morgan fingerprint density at radius 2 is 1.64 bits per heavy atom. The zero-order chi connectivity index (χ0) is 25.2. The Morgan fingerprint density at radius 1 is 1.06 bits per heavy atom. The summed E-state index contributed by atoms with van der Waals surface area (Å²) >= 11 is 2.31. The molecule has 8 heteroatoms. The number of nitrogens with zero attached hydrogens (tertiary/aromatic N) is 1. The molecule has 0 aliphatic carbocycles. The van der Waals surface area contributed by atoms with Crippen LogP contribution in [0.4, 0.5) is 0 Å². The van der Waals surface area contributed by atoms with Crippen molar-refractivity contribution in [2.45, 2.75) is 101 Å². The number of carbonyl (C=O) groups excluding carboxylic acids is 2. The van der Waals surface area contributed by atoms with Crippen molar-refractivity contribution in [1.82, 2.24) is 4.90 Å². The molecule has 4 atom stereocenters. The zero-order valence-corrected chi connectivity index (χ0v) is 24.6. The Kier molecular flexibility index (Phi) is 9.20. The molecule has 2 rings (SSSR count). The lowest BCUT2D eigenvalue weighted by Crippen LogP contribution is -2.49. The van der Waals surface area contributed by atoms with E-state index in [0.717, 1.165) is 5.56 Å². The normalized spacial score (nSPS) is 24.5. The third-order valence-electron chi connectivity index (χ3n) is 6.36. The predicted octanol–water partition coefficient (Wildman–Crippen LogP) is 5.34. The lowest BCUT2D eigenvalue weighted by atomic mass is 10.1. The first kappa shape index (κ1) is 28.3. The highest BCUT2D eigenvalue weighted by Crippen LogP contribution is 2.40. The summed E-state index contributed by atoms with van der Waals surface area (Å²) in [6, 6.07) is 9.21. The van der Waals surface area contributed by atoms with Gasteiger partial charge in [0, 0.05) is 19.5 Å². The summed E-state index contributed by atoms with van der Waals surface area (Å²) in [5.41, 5.74) is 0.433. The van der Waals surface area contributed by atoms with Crippen molar-refractivity contribution >= 4 is 42.8 Å². The maximum absolute atomic E-state index is 13.4. The number of halogens is 1. The number of esters is 2. The van der Waals surface area contributed by atoms with E-state index in [-0.39, 0.29) is 21.0 Å². The number of alkyl halides is 1. The molecule has 0 spiro atoms. The highest BCUT2D eigenvalue weighted by molar-refractivity contribution is 14.1. The summed E-state index contributed by atoms with van der Waals surface area (Å²) in [4.78, 5) is 27.5. The SMILES string of the molecule is CC(=O)O[C@H]1[C@@H](I)[C@H](CO[Si](C)(C)C(C)(C)C)N(Cc2ccccc2)[C@@H]1C(=O)OC(C)(C)C. The summed E-state index contributed by atoms with van der Waals surface area (Å²) in [6.45, 7) is 19.0. The van der Waals surface area contributed by atoms with E-state index in [1.54, 1.807) is 0 Å². The smallest absolute Gasteiger partial charge is 0.327 e. The maximum atomic E-state index is 13.4. The van der Waals surface area contributed by atoms with Crippen molar-refractivity contribution in [2.24, 2.45) is 0 Å². The van der Waals surface area contributed by atoms with E-state index in [9.17, 15) is 9.59 Å². The third-order valence-corrected chi connectivity index (χ3v) is 12.4. The van der Waals surface area contributed by atoms with Gasteiger partial charge in [0.2, 0.25) is 0 Å². The van der Waals surface area contributed by atoms with Gasteiger partial charge in [-0.15, -0.1) is 0 Å². The quantitative estimate of drug-likeness (QED) is 0.185. The first-order valence-corrected chi connectivity index (χ1v) is 15.7. The van der Waals surface area contributed by atoms with Gasteiger partial charge in [0.15, 0.2) is 8.32 Å². The molecule has 0 amide bonds. The maximum Gasteiger partial charge on any atom is 0.327 e.